The maximum atomic E-state index is 5.93. The summed E-state index contributed by atoms with van der Waals surface area (Å²) in [5.74, 6) is 7.37. The molecule has 1 heterocycles. The predicted octanol–water partition coefficient (Wildman–Crippen LogP) is 2.21. The molecule has 1 saturated heterocycles. The first-order valence-electron chi connectivity index (χ1n) is 6.76. The Kier molecular flexibility index (Phi) is 3.88. The molecule has 1 aliphatic carbocycles. The van der Waals surface area contributed by atoms with E-state index in [0.717, 1.165) is 18.9 Å². The molecule has 0 aromatic carbocycles. The van der Waals surface area contributed by atoms with Crippen LogP contribution >= 0.6 is 0 Å². The van der Waals surface area contributed by atoms with Crippen molar-refractivity contribution in [2.75, 3.05) is 6.61 Å². The van der Waals surface area contributed by atoms with Crippen molar-refractivity contribution >= 4 is 0 Å². The maximum Gasteiger partial charge on any atom is 0.0823 e. The van der Waals surface area contributed by atoms with Crippen molar-refractivity contribution in [2.45, 2.75) is 64.0 Å². The Balaban J connectivity index is 1.99. The molecule has 1 aliphatic heterocycles. The molecule has 16 heavy (non-hydrogen) atoms. The molecule has 3 heteroatoms. The minimum absolute atomic E-state index is 0.0278. The number of hydrogen-bond acceptors (Lipinski definition) is 3. The third-order valence-electron chi connectivity index (χ3n) is 4.62. The van der Waals surface area contributed by atoms with Gasteiger partial charge in [-0.3, -0.25) is 11.3 Å². The standard InChI is InChI=1S/C13H26N2O/c1-10-4-6-11(7-5-10)12(15-14)13(2)8-3-9-16-13/h10-12,15H,3-9,14H2,1-2H3. The SMILES string of the molecule is CC1CCC(C(NN)C2(C)CCCO2)CC1. The van der Waals surface area contributed by atoms with Crippen LogP contribution in [0.1, 0.15) is 52.4 Å². The summed E-state index contributed by atoms with van der Waals surface area (Å²) >= 11 is 0. The number of nitrogens with two attached hydrogens (primary N) is 1. The molecule has 1 saturated carbocycles. The van der Waals surface area contributed by atoms with Gasteiger partial charge in [0.15, 0.2) is 0 Å². The van der Waals surface area contributed by atoms with Gasteiger partial charge in [-0.25, -0.2) is 0 Å². The zero-order valence-corrected chi connectivity index (χ0v) is 10.7. The highest BCUT2D eigenvalue weighted by molar-refractivity contribution is 4.96. The highest BCUT2D eigenvalue weighted by Crippen LogP contribution is 2.38. The third kappa shape index (κ3) is 2.41. The molecular weight excluding hydrogens is 200 g/mol. The van der Waals surface area contributed by atoms with Gasteiger partial charge < -0.3 is 4.74 Å². The summed E-state index contributed by atoms with van der Waals surface area (Å²) in [6.07, 6.45) is 7.62. The van der Waals surface area contributed by atoms with E-state index in [1.54, 1.807) is 0 Å². The average Bonchev–Trinajstić information content (AvgIpc) is 2.70. The second-order valence-electron chi connectivity index (χ2n) is 5.93. The molecule has 3 N–H and O–H groups in total. The molecular formula is C13H26N2O. The topological polar surface area (TPSA) is 47.3 Å². The van der Waals surface area contributed by atoms with Crippen molar-refractivity contribution in [3.05, 3.63) is 0 Å². The van der Waals surface area contributed by atoms with Crippen LogP contribution in [-0.4, -0.2) is 18.2 Å². The van der Waals surface area contributed by atoms with Crippen molar-refractivity contribution < 1.29 is 4.74 Å². The van der Waals surface area contributed by atoms with Gasteiger partial charge in [0, 0.05) is 6.61 Å². The number of hydrazine groups is 1. The van der Waals surface area contributed by atoms with Crippen molar-refractivity contribution in [1.82, 2.24) is 5.43 Å². The minimum Gasteiger partial charge on any atom is -0.374 e. The van der Waals surface area contributed by atoms with Crippen molar-refractivity contribution in [3.63, 3.8) is 0 Å². The zero-order chi connectivity index (χ0) is 11.6. The number of nitrogens with one attached hydrogen (secondary N) is 1. The summed E-state index contributed by atoms with van der Waals surface area (Å²) in [5.41, 5.74) is 3.02. The van der Waals surface area contributed by atoms with Crippen LogP contribution in [-0.2, 0) is 4.74 Å². The van der Waals surface area contributed by atoms with Crippen LogP contribution in [0.25, 0.3) is 0 Å². The molecule has 3 nitrogen and oxygen atoms in total. The van der Waals surface area contributed by atoms with Gasteiger partial charge in [0.25, 0.3) is 0 Å². The van der Waals surface area contributed by atoms with Gasteiger partial charge in [-0.2, -0.15) is 0 Å². The van der Waals surface area contributed by atoms with Crippen LogP contribution in [0.15, 0.2) is 0 Å². The fraction of sp³-hybridized carbons (Fsp3) is 1.00. The Morgan fingerprint density at radius 1 is 1.31 bits per heavy atom. The summed E-state index contributed by atoms with van der Waals surface area (Å²) in [6, 6.07) is 0.336. The van der Waals surface area contributed by atoms with E-state index < -0.39 is 0 Å². The van der Waals surface area contributed by atoms with Crippen LogP contribution in [0.2, 0.25) is 0 Å². The summed E-state index contributed by atoms with van der Waals surface area (Å²) in [5, 5.41) is 0. The third-order valence-corrected chi connectivity index (χ3v) is 4.62. The first kappa shape index (κ1) is 12.3. The number of hydrogen-bond donors (Lipinski definition) is 2. The molecule has 2 atom stereocenters. The van der Waals surface area contributed by atoms with E-state index in [-0.39, 0.29) is 5.60 Å². The lowest BCUT2D eigenvalue weighted by Gasteiger charge is -2.41. The molecule has 2 fully saturated rings. The first-order chi connectivity index (χ1) is 7.65. The molecule has 0 aromatic heterocycles. The molecule has 0 amide bonds. The Hall–Kier alpha value is -0.120. The van der Waals surface area contributed by atoms with Crippen molar-refractivity contribution in [3.8, 4) is 0 Å². The average molecular weight is 226 g/mol. The smallest absolute Gasteiger partial charge is 0.0823 e. The van der Waals surface area contributed by atoms with Gasteiger partial charge >= 0.3 is 0 Å². The summed E-state index contributed by atoms with van der Waals surface area (Å²) < 4.78 is 5.93. The van der Waals surface area contributed by atoms with Crippen LogP contribution in [0.3, 0.4) is 0 Å². The van der Waals surface area contributed by atoms with E-state index in [1.165, 1.54) is 32.1 Å². The maximum absolute atomic E-state index is 5.93. The summed E-state index contributed by atoms with van der Waals surface area (Å²) in [6.45, 7) is 5.48. The normalized spacial score (nSPS) is 42.2. The van der Waals surface area contributed by atoms with E-state index in [9.17, 15) is 0 Å². The zero-order valence-electron chi connectivity index (χ0n) is 10.7. The molecule has 2 aliphatic rings. The monoisotopic (exact) mass is 226 g/mol. The highest BCUT2D eigenvalue weighted by Gasteiger charge is 2.42. The van der Waals surface area contributed by atoms with Gasteiger partial charge in [0.05, 0.1) is 11.6 Å². The van der Waals surface area contributed by atoms with E-state index in [1.807, 2.05) is 0 Å². The lowest BCUT2D eigenvalue weighted by Crippen LogP contribution is -2.56. The van der Waals surface area contributed by atoms with Gasteiger partial charge in [0.2, 0.25) is 0 Å². The first-order valence-corrected chi connectivity index (χ1v) is 6.76. The highest BCUT2D eigenvalue weighted by atomic mass is 16.5. The van der Waals surface area contributed by atoms with Gasteiger partial charge in [-0.15, -0.1) is 0 Å². The lowest BCUT2D eigenvalue weighted by molar-refractivity contribution is -0.0355. The van der Waals surface area contributed by atoms with Crippen LogP contribution in [0.5, 0.6) is 0 Å². The van der Waals surface area contributed by atoms with Crippen molar-refractivity contribution in [1.29, 1.82) is 0 Å². The molecule has 0 bridgehead atoms. The van der Waals surface area contributed by atoms with E-state index in [4.69, 9.17) is 10.6 Å². The second kappa shape index (κ2) is 5.03. The summed E-state index contributed by atoms with van der Waals surface area (Å²) in [4.78, 5) is 0. The van der Waals surface area contributed by atoms with Crippen LogP contribution in [0.4, 0.5) is 0 Å². The van der Waals surface area contributed by atoms with Gasteiger partial charge in [-0.05, 0) is 44.4 Å². The quantitative estimate of drug-likeness (QED) is 0.573. The van der Waals surface area contributed by atoms with E-state index >= 15 is 0 Å². The molecule has 0 aromatic rings. The van der Waals surface area contributed by atoms with Gasteiger partial charge in [-0.1, -0.05) is 19.8 Å². The largest absolute Gasteiger partial charge is 0.374 e. The Morgan fingerprint density at radius 3 is 2.50 bits per heavy atom. The minimum atomic E-state index is -0.0278. The van der Waals surface area contributed by atoms with Crippen LogP contribution < -0.4 is 11.3 Å². The van der Waals surface area contributed by atoms with Crippen molar-refractivity contribution in [2.24, 2.45) is 17.7 Å². The Morgan fingerprint density at radius 2 is 2.00 bits per heavy atom. The molecule has 94 valence electrons. The van der Waals surface area contributed by atoms with Crippen LogP contribution in [0, 0.1) is 11.8 Å². The second-order valence-corrected chi connectivity index (χ2v) is 5.93. The fourth-order valence-corrected chi connectivity index (χ4v) is 3.48. The Labute approximate surface area is 99.1 Å². The molecule has 0 radical (unpaired) electrons. The fourth-order valence-electron chi connectivity index (χ4n) is 3.48. The van der Waals surface area contributed by atoms with E-state index in [0.29, 0.717) is 12.0 Å². The van der Waals surface area contributed by atoms with E-state index in [2.05, 4.69) is 19.3 Å². The molecule has 2 rings (SSSR count). The number of ether oxygens (including phenoxy) is 1. The van der Waals surface area contributed by atoms with Gasteiger partial charge in [0.1, 0.15) is 0 Å². The lowest BCUT2D eigenvalue weighted by atomic mass is 9.74. The molecule has 2 unspecified atom stereocenters. The Bertz CT molecular complexity index is 218. The summed E-state index contributed by atoms with van der Waals surface area (Å²) in [7, 11) is 0. The molecule has 0 spiro atoms. The number of rotatable bonds is 3. The predicted molar refractivity (Wildman–Crippen MR) is 65.8 cm³/mol.